The molecule has 0 saturated carbocycles. The molecule has 2 rings (SSSR count). The van der Waals surface area contributed by atoms with E-state index in [1.54, 1.807) is 0 Å². The Morgan fingerprint density at radius 1 is 1.44 bits per heavy atom. The summed E-state index contributed by atoms with van der Waals surface area (Å²) in [4.78, 5) is 0. The minimum absolute atomic E-state index is 0.892. The largest absolute Gasteiger partial charge is 0.493 e. The highest BCUT2D eigenvalue weighted by Crippen LogP contribution is 2.27. The van der Waals surface area contributed by atoms with E-state index < -0.39 is 0 Å². The smallest absolute Gasteiger partial charge is 0.118 e. The lowest BCUT2D eigenvalue weighted by Crippen LogP contribution is -1.87. The molecule has 0 aromatic rings. The van der Waals surface area contributed by atoms with Crippen molar-refractivity contribution < 1.29 is 4.74 Å². The van der Waals surface area contributed by atoms with Crippen molar-refractivity contribution in [1.29, 1.82) is 0 Å². The van der Waals surface area contributed by atoms with Crippen molar-refractivity contribution in [2.45, 2.75) is 19.3 Å². The normalized spacial score (nSPS) is 24.0. The van der Waals surface area contributed by atoms with Gasteiger partial charge in [-0.15, -0.1) is 0 Å². The molecule has 0 unspecified atom stereocenters. The van der Waals surface area contributed by atoms with Crippen LogP contribution in [0.15, 0.2) is 17.4 Å². The fourth-order valence-electron chi connectivity index (χ4n) is 1.29. The first kappa shape index (κ1) is 5.10. The number of rotatable bonds is 0. The molecular formula is C8H9O. The van der Waals surface area contributed by atoms with Gasteiger partial charge >= 0.3 is 0 Å². The average molecular weight is 121 g/mol. The molecule has 0 aromatic carbocycles. The van der Waals surface area contributed by atoms with Crippen LogP contribution in [0.2, 0.25) is 0 Å². The monoisotopic (exact) mass is 121 g/mol. The predicted octanol–water partition coefficient (Wildman–Crippen LogP) is 1.81. The number of hydrogen-bond donors (Lipinski definition) is 0. The first-order chi connectivity index (χ1) is 4.47. The van der Waals surface area contributed by atoms with Crippen molar-refractivity contribution in [2.75, 3.05) is 6.61 Å². The van der Waals surface area contributed by atoms with E-state index in [-0.39, 0.29) is 0 Å². The fourth-order valence-corrected chi connectivity index (χ4v) is 1.29. The van der Waals surface area contributed by atoms with Crippen LogP contribution in [-0.4, -0.2) is 6.61 Å². The molecule has 1 heteroatoms. The first-order valence-electron chi connectivity index (χ1n) is 3.38. The minimum Gasteiger partial charge on any atom is -0.493 e. The summed E-state index contributed by atoms with van der Waals surface area (Å²) in [5, 5.41) is 0. The summed E-state index contributed by atoms with van der Waals surface area (Å²) >= 11 is 0. The van der Waals surface area contributed by atoms with Gasteiger partial charge in [-0.25, -0.2) is 0 Å². The van der Waals surface area contributed by atoms with Crippen LogP contribution in [0.1, 0.15) is 19.3 Å². The van der Waals surface area contributed by atoms with Gasteiger partial charge in [-0.2, -0.15) is 0 Å². The molecule has 9 heavy (non-hydrogen) atoms. The Labute approximate surface area is 55.0 Å². The van der Waals surface area contributed by atoms with Crippen molar-refractivity contribution in [2.24, 2.45) is 0 Å². The summed E-state index contributed by atoms with van der Waals surface area (Å²) < 4.78 is 5.32. The third kappa shape index (κ3) is 0.766. The maximum Gasteiger partial charge on any atom is 0.118 e. The van der Waals surface area contributed by atoms with Gasteiger partial charge in [-0.3, -0.25) is 0 Å². The lowest BCUT2D eigenvalue weighted by Gasteiger charge is -2.03. The second kappa shape index (κ2) is 1.90. The van der Waals surface area contributed by atoms with E-state index in [1.807, 2.05) is 6.08 Å². The summed E-state index contributed by atoms with van der Waals surface area (Å²) in [5.41, 5.74) is 1.49. The Bertz CT molecular complexity index is 177. The van der Waals surface area contributed by atoms with E-state index >= 15 is 0 Å². The van der Waals surface area contributed by atoms with Gasteiger partial charge in [0, 0.05) is 6.42 Å². The average Bonchev–Trinajstić information content (AvgIpc) is 2.33. The van der Waals surface area contributed by atoms with Gasteiger partial charge in [0.15, 0.2) is 0 Å². The van der Waals surface area contributed by atoms with E-state index in [0.717, 1.165) is 25.2 Å². The second-order valence-corrected chi connectivity index (χ2v) is 2.41. The van der Waals surface area contributed by atoms with Crippen LogP contribution in [0, 0.1) is 6.08 Å². The highest BCUT2D eigenvalue weighted by atomic mass is 16.5. The molecule has 0 fully saturated rings. The van der Waals surface area contributed by atoms with E-state index in [0.29, 0.717) is 0 Å². The van der Waals surface area contributed by atoms with Crippen molar-refractivity contribution in [3.63, 3.8) is 0 Å². The molecule has 0 atom stereocenters. The van der Waals surface area contributed by atoms with Gasteiger partial charge in [-0.05, 0) is 30.6 Å². The summed E-state index contributed by atoms with van der Waals surface area (Å²) in [5.74, 6) is 1.10. The molecule has 0 saturated heterocycles. The molecule has 1 heterocycles. The molecule has 1 nitrogen and oxygen atoms in total. The van der Waals surface area contributed by atoms with Crippen LogP contribution < -0.4 is 0 Å². The van der Waals surface area contributed by atoms with Crippen molar-refractivity contribution in [3.8, 4) is 0 Å². The zero-order valence-electron chi connectivity index (χ0n) is 5.31. The fraction of sp³-hybridized carbons (Fsp3) is 0.500. The molecule has 0 aromatic heterocycles. The predicted molar refractivity (Wildman–Crippen MR) is 34.6 cm³/mol. The minimum atomic E-state index is 0.892. The van der Waals surface area contributed by atoms with Crippen LogP contribution in [0.4, 0.5) is 0 Å². The van der Waals surface area contributed by atoms with E-state index in [9.17, 15) is 0 Å². The zero-order chi connectivity index (χ0) is 6.10. The molecule has 47 valence electrons. The molecule has 1 aliphatic carbocycles. The van der Waals surface area contributed by atoms with E-state index in [1.165, 1.54) is 12.0 Å². The van der Waals surface area contributed by atoms with Gasteiger partial charge in [-0.1, -0.05) is 0 Å². The SMILES string of the molecule is [C]1=CC2=C(CC1)CCO2. The summed E-state index contributed by atoms with van der Waals surface area (Å²) in [7, 11) is 0. The van der Waals surface area contributed by atoms with Crippen molar-refractivity contribution in [3.05, 3.63) is 23.5 Å². The Morgan fingerprint density at radius 3 is 3.33 bits per heavy atom. The Morgan fingerprint density at radius 2 is 2.44 bits per heavy atom. The van der Waals surface area contributed by atoms with Crippen LogP contribution in [0.5, 0.6) is 0 Å². The molecule has 0 spiro atoms. The zero-order valence-corrected chi connectivity index (χ0v) is 5.31. The summed E-state index contributed by atoms with van der Waals surface area (Å²) in [6.45, 7) is 0.892. The van der Waals surface area contributed by atoms with Gasteiger partial charge in [0.1, 0.15) is 5.76 Å². The highest BCUT2D eigenvalue weighted by molar-refractivity contribution is 5.25. The number of hydrogen-bond acceptors (Lipinski definition) is 1. The van der Waals surface area contributed by atoms with Crippen molar-refractivity contribution >= 4 is 0 Å². The summed E-state index contributed by atoms with van der Waals surface area (Å²) in [6.07, 6.45) is 8.53. The number of ether oxygens (including phenoxy) is 1. The maximum absolute atomic E-state index is 5.32. The molecule has 0 N–H and O–H groups in total. The molecule has 2 aliphatic rings. The van der Waals surface area contributed by atoms with Crippen molar-refractivity contribution in [1.82, 2.24) is 0 Å². The van der Waals surface area contributed by atoms with E-state index in [2.05, 4.69) is 6.08 Å². The lowest BCUT2D eigenvalue weighted by molar-refractivity contribution is 0.256. The standard InChI is InChI=1S/C8H9O/c1-2-4-8-7(3-1)5-6-9-8/h4H,1,3,5-6H2. The Balaban J connectivity index is 2.28. The molecular weight excluding hydrogens is 112 g/mol. The topological polar surface area (TPSA) is 9.23 Å². The number of allylic oxidation sites excluding steroid dienone is 2. The Hall–Kier alpha value is -0.720. The highest BCUT2D eigenvalue weighted by Gasteiger charge is 2.14. The van der Waals surface area contributed by atoms with Crippen LogP contribution in [-0.2, 0) is 4.74 Å². The van der Waals surface area contributed by atoms with Crippen LogP contribution in [0.3, 0.4) is 0 Å². The lowest BCUT2D eigenvalue weighted by atomic mass is 10.0. The molecule has 1 aliphatic heterocycles. The van der Waals surface area contributed by atoms with Gasteiger partial charge in [0.2, 0.25) is 0 Å². The van der Waals surface area contributed by atoms with Crippen LogP contribution in [0.25, 0.3) is 0 Å². The molecule has 0 bridgehead atoms. The third-order valence-corrected chi connectivity index (χ3v) is 1.81. The third-order valence-electron chi connectivity index (χ3n) is 1.81. The summed E-state index contributed by atoms with van der Waals surface area (Å²) in [6, 6.07) is 0. The maximum atomic E-state index is 5.32. The van der Waals surface area contributed by atoms with Gasteiger partial charge in [0.05, 0.1) is 6.61 Å². The van der Waals surface area contributed by atoms with Gasteiger partial charge in [0.25, 0.3) is 0 Å². The molecule has 0 amide bonds. The second-order valence-electron chi connectivity index (χ2n) is 2.41. The molecule has 1 radical (unpaired) electrons. The van der Waals surface area contributed by atoms with Gasteiger partial charge < -0.3 is 4.74 Å². The quantitative estimate of drug-likeness (QED) is 0.475. The van der Waals surface area contributed by atoms with E-state index in [4.69, 9.17) is 4.74 Å². The first-order valence-corrected chi connectivity index (χ1v) is 3.38. The van der Waals surface area contributed by atoms with Crippen LogP contribution >= 0.6 is 0 Å². The Kier molecular flexibility index (Phi) is 1.08.